The van der Waals surface area contributed by atoms with E-state index in [-0.39, 0.29) is 29.2 Å². The molecule has 11 heteroatoms. The molecule has 2 aromatic carbocycles. The Balaban J connectivity index is 1.45. The first-order chi connectivity index (χ1) is 16.3. The molecule has 10 nitrogen and oxygen atoms in total. The first-order valence-corrected chi connectivity index (χ1v) is 12.0. The smallest absolute Gasteiger partial charge is 0.339 e. The van der Waals surface area contributed by atoms with Crippen molar-refractivity contribution in [3.05, 3.63) is 70.0 Å². The minimum Gasteiger partial charge on any atom is -0.452 e. The molecule has 1 aliphatic heterocycles. The molecule has 3 aromatic rings. The van der Waals surface area contributed by atoms with Crippen molar-refractivity contribution in [3.8, 4) is 0 Å². The molecule has 0 aliphatic carbocycles. The number of H-pyrrole nitrogens is 1. The average Bonchev–Trinajstić information content (AvgIpc) is 2.83. The van der Waals surface area contributed by atoms with E-state index in [4.69, 9.17) is 9.47 Å². The number of aromatic amines is 1. The second-order valence-corrected chi connectivity index (χ2v) is 9.62. The summed E-state index contributed by atoms with van der Waals surface area (Å²) in [5.74, 6) is -1.47. The number of hydrogen-bond acceptors (Lipinski definition) is 7. The lowest BCUT2D eigenvalue weighted by Gasteiger charge is -2.26. The van der Waals surface area contributed by atoms with Crippen LogP contribution >= 0.6 is 0 Å². The van der Waals surface area contributed by atoms with Crippen molar-refractivity contribution in [2.24, 2.45) is 0 Å². The predicted octanol–water partition coefficient (Wildman–Crippen LogP) is 1.65. The van der Waals surface area contributed by atoms with Crippen LogP contribution in [-0.2, 0) is 24.3 Å². The summed E-state index contributed by atoms with van der Waals surface area (Å²) >= 11 is 0. The molecule has 0 radical (unpaired) electrons. The van der Waals surface area contributed by atoms with E-state index >= 15 is 0 Å². The third-order valence-corrected chi connectivity index (χ3v) is 7.41. The lowest BCUT2D eigenvalue weighted by Crippen LogP contribution is -2.40. The van der Waals surface area contributed by atoms with Gasteiger partial charge in [0.15, 0.2) is 6.61 Å². The number of amides is 1. The molecule has 4 rings (SSSR count). The number of nitrogens with zero attached hydrogens (tertiary/aromatic N) is 1. The van der Waals surface area contributed by atoms with Gasteiger partial charge in [-0.2, -0.15) is 4.31 Å². The molecule has 1 amide bonds. The van der Waals surface area contributed by atoms with Gasteiger partial charge >= 0.3 is 5.97 Å². The zero-order valence-electron chi connectivity index (χ0n) is 18.4. The van der Waals surface area contributed by atoms with E-state index in [2.05, 4.69) is 10.3 Å². The maximum Gasteiger partial charge on any atom is 0.339 e. The molecule has 1 aliphatic rings. The fraction of sp³-hybridized carbons (Fsp3) is 0.261. The van der Waals surface area contributed by atoms with Crippen LogP contribution in [0.3, 0.4) is 0 Å². The van der Waals surface area contributed by atoms with Crippen LogP contribution in [0.4, 0.5) is 5.69 Å². The largest absolute Gasteiger partial charge is 0.452 e. The van der Waals surface area contributed by atoms with Crippen molar-refractivity contribution in [1.29, 1.82) is 0 Å². The Labute approximate surface area is 195 Å². The van der Waals surface area contributed by atoms with Crippen molar-refractivity contribution >= 4 is 38.5 Å². The number of rotatable bonds is 6. The molecular formula is C23H23N3O7S. The molecule has 2 heterocycles. The van der Waals surface area contributed by atoms with Crippen LogP contribution in [0.15, 0.2) is 58.2 Å². The maximum atomic E-state index is 13.0. The highest BCUT2D eigenvalue weighted by atomic mass is 32.2. The number of anilines is 1. The highest BCUT2D eigenvalue weighted by molar-refractivity contribution is 7.89. The van der Waals surface area contributed by atoms with Gasteiger partial charge in [-0.15, -0.1) is 0 Å². The Morgan fingerprint density at radius 1 is 1.12 bits per heavy atom. The van der Waals surface area contributed by atoms with E-state index < -0.39 is 34.1 Å². The van der Waals surface area contributed by atoms with E-state index in [1.807, 2.05) is 0 Å². The van der Waals surface area contributed by atoms with Gasteiger partial charge in [-0.3, -0.25) is 9.59 Å². The van der Waals surface area contributed by atoms with E-state index in [1.165, 1.54) is 10.4 Å². The first-order valence-electron chi connectivity index (χ1n) is 10.5. The molecule has 0 spiro atoms. The van der Waals surface area contributed by atoms with Crippen molar-refractivity contribution < 1.29 is 27.5 Å². The molecule has 0 saturated carbocycles. The first kappa shape index (κ1) is 23.6. The Kier molecular flexibility index (Phi) is 6.77. The Hall–Kier alpha value is -3.54. The average molecular weight is 486 g/mol. The standard InChI is InChI=1S/C23H23N3O7S/c1-15-6-7-16(12-20(15)34(30,31)26-8-10-32-11-9-26)24-22(28)14-33-23(29)18-13-21(27)25-19-5-3-2-4-17(18)19/h2-7,12-13H,8-11,14H2,1H3,(H,24,28)(H,25,27). The summed E-state index contributed by atoms with van der Waals surface area (Å²) in [6, 6.07) is 12.4. The lowest BCUT2D eigenvalue weighted by atomic mass is 10.1. The van der Waals surface area contributed by atoms with Gasteiger partial charge in [0.25, 0.3) is 5.91 Å². The van der Waals surface area contributed by atoms with Gasteiger partial charge in [0.05, 0.1) is 23.7 Å². The molecule has 1 saturated heterocycles. The van der Waals surface area contributed by atoms with Crippen LogP contribution in [0.2, 0.25) is 0 Å². The van der Waals surface area contributed by atoms with Crippen LogP contribution in [-0.4, -0.2) is 62.5 Å². The summed E-state index contributed by atoms with van der Waals surface area (Å²) in [5, 5.41) is 3.04. The number of para-hydroxylation sites is 1. The number of fused-ring (bicyclic) bond motifs is 1. The molecule has 178 valence electrons. The summed E-state index contributed by atoms with van der Waals surface area (Å²) in [6.07, 6.45) is 0. The molecule has 2 N–H and O–H groups in total. The zero-order valence-corrected chi connectivity index (χ0v) is 19.2. The van der Waals surface area contributed by atoms with Gasteiger partial charge in [0.2, 0.25) is 15.6 Å². The van der Waals surface area contributed by atoms with Crippen LogP contribution in [0.5, 0.6) is 0 Å². The number of benzene rings is 2. The second-order valence-electron chi connectivity index (χ2n) is 7.71. The Morgan fingerprint density at radius 2 is 1.85 bits per heavy atom. The minimum atomic E-state index is -3.75. The number of sulfonamides is 1. The third kappa shape index (κ3) is 5.01. The summed E-state index contributed by atoms with van der Waals surface area (Å²) < 4.78 is 37.7. The van der Waals surface area contributed by atoms with Crippen LogP contribution < -0.4 is 10.9 Å². The monoisotopic (exact) mass is 485 g/mol. The molecule has 0 atom stereocenters. The normalized spacial score (nSPS) is 14.6. The maximum absolute atomic E-state index is 13.0. The topological polar surface area (TPSA) is 135 Å². The highest BCUT2D eigenvalue weighted by Crippen LogP contribution is 2.24. The Bertz CT molecular complexity index is 1410. The number of esters is 1. The molecule has 34 heavy (non-hydrogen) atoms. The number of carbonyl (C=O) groups is 2. The van der Waals surface area contributed by atoms with E-state index in [0.29, 0.717) is 29.7 Å². The van der Waals surface area contributed by atoms with Gasteiger partial charge in [-0.25, -0.2) is 13.2 Å². The SMILES string of the molecule is Cc1ccc(NC(=O)COC(=O)c2cc(=O)[nH]c3ccccc23)cc1S(=O)(=O)N1CCOCC1. The van der Waals surface area contributed by atoms with Crippen molar-refractivity contribution in [2.45, 2.75) is 11.8 Å². The van der Waals surface area contributed by atoms with Crippen LogP contribution in [0.1, 0.15) is 15.9 Å². The summed E-state index contributed by atoms with van der Waals surface area (Å²) in [6.45, 7) is 2.22. The van der Waals surface area contributed by atoms with Gasteiger partial charge in [0, 0.05) is 35.7 Å². The zero-order chi connectivity index (χ0) is 24.3. The van der Waals surface area contributed by atoms with E-state index in [9.17, 15) is 22.8 Å². The van der Waals surface area contributed by atoms with E-state index in [0.717, 1.165) is 6.07 Å². The number of aromatic nitrogens is 1. The lowest BCUT2D eigenvalue weighted by molar-refractivity contribution is -0.119. The van der Waals surface area contributed by atoms with Crippen LogP contribution in [0, 0.1) is 6.92 Å². The number of pyridine rings is 1. The summed E-state index contributed by atoms with van der Waals surface area (Å²) in [7, 11) is -3.75. The highest BCUT2D eigenvalue weighted by Gasteiger charge is 2.28. The fourth-order valence-electron chi connectivity index (χ4n) is 3.66. The second kappa shape index (κ2) is 9.75. The van der Waals surface area contributed by atoms with Gasteiger partial charge in [-0.05, 0) is 30.7 Å². The number of nitrogens with one attached hydrogen (secondary N) is 2. The van der Waals surface area contributed by atoms with Gasteiger partial charge in [0.1, 0.15) is 0 Å². The molecule has 1 aromatic heterocycles. The van der Waals surface area contributed by atoms with Gasteiger partial charge < -0.3 is 19.8 Å². The molecule has 0 unspecified atom stereocenters. The number of hydrogen-bond donors (Lipinski definition) is 2. The quantitative estimate of drug-likeness (QED) is 0.507. The molecule has 1 fully saturated rings. The van der Waals surface area contributed by atoms with E-state index in [1.54, 1.807) is 43.3 Å². The predicted molar refractivity (Wildman–Crippen MR) is 124 cm³/mol. The minimum absolute atomic E-state index is 0.0429. The fourth-order valence-corrected chi connectivity index (χ4v) is 5.32. The number of ether oxygens (including phenoxy) is 2. The van der Waals surface area contributed by atoms with Crippen LogP contribution in [0.25, 0.3) is 10.9 Å². The third-order valence-electron chi connectivity index (χ3n) is 5.36. The number of carbonyl (C=O) groups excluding carboxylic acids is 2. The molecule has 0 bridgehead atoms. The summed E-state index contributed by atoms with van der Waals surface area (Å²) in [5.41, 5.74) is 0.836. The van der Waals surface area contributed by atoms with Gasteiger partial charge in [-0.1, -0.05) is 24.3 Å². The van der Waals surface area contributed by atoms with Crippen molar-refractivity contribution in [3.63, 3.8) is 0 Å². The van der Waals surface area contributed by atoms with Crippen molar-refractivity contribution in [2.75, 3.05) is 38.2 Å². The molecular weight excluding hydrogens is 462 g/mol. The summed E-state index contributed by atoms with van der Waals surface area (Å²) in [4.78, 5) is 39.5. The Morgan fingerprint density at radius 3 is 2.62 bits per heavy atom. The number of morpholine rings is 1. The van der Waals surface area contributed by atoms with Crippen molar-refractivity contribution in [1.82, 2.24) is 9.29 Å². The number of aryl methyl sites for hydroxylation is 1.